The van der Waals surface area contributed by atoms with Crippen LogP contribution in [0.5, 0.6) is 17.2 Å². The average Bonchev–Trinajstić information content (AvgIpc) is 2.96. The molecule has 0 aliphatic carbocycles. The first-order valence-electron chi connectivity index (χ1n) is 6.64. The van der Waals surface area contributed by atoms with Gasteiger partial charge in [0.15, 0.2) is 11.5 Å². The molecular formula is C15H19N3O4. The molecule has 2 rings (SSSR count). The Bertz CT molecular complexity index is 642. The predicted octanol–water partition coefficient (Wildman–Crippen LogP) is 1.38. The van der Waals surface area contributed by atoms with Gasteiger partial charge in [0.2, 0.25) is 5.75 Å². The Morgan fingerprint density at radius 3 is 2.27 bits per heavy atom. The molecule has 0 spiro atoms. The summed E-state index contributed by atoms with van der Waals surface area (Å²) in [6, 6.07) is 3.22. The summed E-state index contributed by atoms with van der Waals surface area (Å²) in [5.74, 6) is 1.10. The highest BCUT2D eigenvalue weighted by molar-refractivity contribution is 5.95. The molecule has 1 heterocycles. The van der Waals surface area contributed by atoms with E-state index < -0.39 is 0 Å². The summed E-state index contributed by atoms with van der Waals surface area (Å²) in [5, 5.41) is 6.88. The summed E-state index contributed by atoms with van der Waals surface area (Å²) in [7, 11) is 6.36. The Labute approximate surface area is 128 Å². The number of rotatable bonds is 6. The number of methoxy groups -OCH3 is 3. The maximum Gasteiger partial charge on any atom is 0.251 e. The zero-order valence-electron chi connectivity index (χ0n) is 13.0. The summed E-state index contributed by atoms with van der Waals surface area (Å²) in [4.78, 5) is 12.3. The van der Waals surface area contributed by atoms with Crippen LogP contribution in [0.3, 0.4) is 0 Å². The standard InChI is InChI=1S/C15H19N3O4/c1-18-9-10(8-17-18)7-16-15(19)11-5-12(20-2)14(22-4)13(6-11)21-3/h5-6,8-9H,7H2,1-4H3,(H,16,19). The highest BCUT2D eigenvalue weighted by Gasteiger charge is 2.16. The van der Waals surface area contributed by atoms with Crippen LogP contribution < -0.4 is 19.5 Å². The minimum absolute atomic E-state index is 0.233. The molecule has 0 bridgehead atoms. The van der Waals surface area contributed by atoms with Gasteiger partial charge in [0.25, 0.3) is 5.91 Å². The number of benzene rings is 1. The van der Waals surface area contributed by atoms with Gasteiger partial charge in [-0.3, -0.25) is 9.48 Å². The Morgan fingerprint density at radius 2 is 1.82 bits per heavy atom. The molecular weight excluding hydrogens is 286 g/mol. The molecule has 0 saturated heterocycles. The van der Waals surface area contributed by atoms with Gasteiger partial charge >= 0.3 is 0 Å². The van der Waals surface area contributed by atoms with Crippen LogP contribution in [-0.2, 0) is 13.6 Å². The van der Waals surface area contributed by atoms with Crippen molar-refractivity contribution in [3.05, 3.63) is 35.7 Å². The predicted molar refractivity (Wildman–Crippen MR) is 80.5 cm³/mol. The van der Waals surface area contributed by atoms with Crippen molar-refractivity contribution in [1.29, 1.82) is 0 Å². The minimum atomic E-state index is -0.233. The fraction of sp³-hybridized carbons (Fsp3) is 0.333. The van der Waals surface area contributed by atoms with Gasteiger partial charge in [0, 0.05) is 30.9 Å². The fourth-order valence-corrected chi connectivity index (χ4v) is 2.06. The molecule has 0 unspecified atom stereocenters. The normalized spacial score (nSPS) is 10.2. The monoisotopic (exact) mass is 305 g/mol. The highest BCUT2D eigenvalue weighted by atomic mass is 16.5. The van der Waals surface area contributed by atoms with Gasteiger partial charge in [0.05, 0.1) is 27.5 Å². The zero-order chi connectivity index (χ0) is 16.1. The Hall–Kier alpha value is -2.70. The molecule has 7 nitrogen and oxygen atoms in total. The van der Waals surface area contributed by atoms with Crippen molar-refractivity contribution in [2.24, 2.45) is 7.05 Å². The molecule has 0 radical (unpaired) electrons. The van der Waals surface area contributed by atoms with Crippen LogP contribution in [0.4, 0.5) is 0 Å². The summed E-state index contributed by atoms with van der Waals surface area (Å²) < 4.78 is 17.4. The SMILES string of the molecule is COc1cc(C(=O)NCc2cnn(C)c2)cc(OC)c1OC. The van der Waals surface area contributed by atoms with E-state index in [4.69, 9.17) is 14.2 Å². The van der Waals surface area contributed by atoms with Crippen molar-refractivity contribution in [2.75, 3.05) is 21.3 Å². The lowest BCUT2D eigenvalue weighted by molar-refractivity contribution is 0.0950. The van der Waals surface area contributed by atoms with Crippen LogP contribution in [0, 0.1) is 0 Å². The lowest BCUT2D eigenvalue weighted by Crippen LogP contribution is -2.22. The number of carbonyl (C=O) groups is 1. The van der Waals surface area contributed by atoms with Crippen molar-refractivity contribution in [1.82, 2.24) is 15.1 Å². The van der Waals surface area contributed by atoms with Crippen LogP contribution in [0.25, 0.3) is 0 Å². The van der Waals surface area contributed by atoms with Crippen molar-refractivity contribution in [2.45, 2.75) is 6.54 Å². The number of amides is 1. The van der Waals surface area contributed by atoms with Crippen LogP contribution in [0.2, 0.25) is 0 Å². The zero-order valence-corrected chi connectivity index (χ0v) is 13.0. The van der Waals surface area contributed by atoms with E-state index >= 15 is 0 Å². The maximum absolute atomic E-state index is 12.3. The number of nitrogens with one attached hydrogen (secondary N) is 1. The lowest BCUT2D eigenvalue weighted by Gasteiger charge is -2.14. The van der Waals surface area contributed by atoms with Crippen molar-refractivity contribution in [3.63, 3.8) is 0 Å². The molecule has 0 fully saturated rings. The lowest BCUT2D eigenvalue weighted by atomic mass is 10.1. The maximum atomic E-state index is 12.3. The fourth-order valence-electron chi connectivity index (χ4n) is 2.06. The summed E-state index contributed by atoms with van der Waals surface area (Å²) in [5.41, 5.74) is 1.35. The number of hydrogen-bond donors (Lipinski definition) is 1. The molecule has 0 aliphatic heterocycles. The molecule has 1 aromatic carbocycles. The van der Waals surface area contributed by atoms with E-state index in [9.17, 15) is 4.79 Å². The van der Waals surface area contributed by atoms with E-state index in [2.05, 4.69) is 10.4 Å². The first-order valence-corrected chi connectivity index (χ1v) is 6.64. The second-order valence-electron chi connectivity index (χ2n) is 4.62. The quantitative estimate of drug-likeness (QED) is 0.872. The van der Waals surface area contributed by atoms with Gasteiger partial charge in [-0.1, -0.05) is 0 Å². The van der Waals surface area contributed by atoms with Gasteiger partial charge < -0.3 is 19.5 Å². The summed E-state index contributed by atoms with van der Waals surface area (Å²) in [6.07, 6.45) is 3.55. The second kappa shape index (κ2) is 6.84. The topological polar surface area (TPSA) is 74.6 Å². The third-order valence-corrected chi connectivity index (χ3v) is 3.14. The molecule has 0 atom stereocenters. The van der Waals surface area contributed by atoms with Gasteiger partial charge in [-0.25, -0.2) is 0 Å². The van der Waals surface area contributed by atoms with Crippen molar-refractivity contribution >= 4 is 5.91 Å². The first-order chi connectivity index (χ1) is 10.6. The number of aryl methyl sites for hydroxylation is 1. The Morgan fingerprint density at radius 1 is 1.18 bits per heavy atom. The largest absolute Gasteiger partial charge is 0.493 e. The molecule has 1 N–H and O–H groups in total. The van der Waals surface area contributed by atoms with Gasteiger partial charge in [-0.05, 0) is 12.1 Å². The first kappa shape index (κ1) is 15.7. The smallest absolute Gasteiger partial charge is 0.251 e. The average molecular weight is 305 g/mol. The van der Waals surface area contributed by atoms with Crippen LogP contribution in [-0.4, -0.2) is 37.0 Å². The van der Waals surface area contributed by atoms with E-state index in [0.717, 1.165) is 5.56 Å². The van der Waals surface area contributed by atoms with Crippen LogP contribution >= 0.6 is 0 Å². The summed E-state index contributed by atoms with van der Waals surface area (Å²) >= 11 is 0. The number of nitrogens with zero attached hydrogens (tertiary/aromatic N) is 2. The van der Waals surface area contributed by atoms with Gasteiger partial charge in [-0.15, -0.1) is 0 Å². The number of hydrogen-bond acceptors (Lipinski definition) is 5. The molecule has 1 amide bonds. The molecule has 0 saturated carbocycles. The van der Waals surface area contributed by atoms with E-state index in [1.54, 1.807) is 23.0 Å². The summed E-state index contributed by atoms with van der Waals surface area (Å²) in [6.45, 7) is 0.392. The van der Waals surface area contributed by atoms with Crippen molar-refractivity contribution in [3.8, 4) is 17.2 Å². The van der Waals surface area contributed by atoms with Gasteiger partial charge in [-0.2, -0.15) is 5.10 Å². The Balaban J connectivity index is 2.18. The van der Waals surface area contributed by atoms with Crippen LogP contribution in [0.15, 0.2) is 24.5 Å². The third kappa shape index (κ3) is 3.30. The van der Waals surface area contributed by atoms with Crippen LogP contribution in [0.1, 0.15) is 15.9 Å². The minimum Gasteiger partial charge on any atom is -0.493 e. The van der Waals surface area contributed by atoms with Crippen molar-refractivity contribution < 1.29 is 19.0 Å². The van der Waals surface area contributed by atoms with E-state index in [1.807, 2.05) is 13.2 Å². The number of aromatic nitrogens is 2. The molecule has 0 aliphatic rings. The van der Waals surface area contributed by atoms with E-state index in [0.29, 0.717) is 29.4 Å². The molecule has 2 aromatic rings. The number of ether oxygens (including phenoxy) is 3. The molecule has 22 heavy (non-hydrogen) atoms. The molecule has 7 heteroatoms. The number of carbonyl (C=O) groups excluding carboxylic acids is 1. The van der Waals surface area contributed by atoms with Gasteiger partial charge in [0.1, 0.15) is 0 Å². The second-order valence-corrected chi connectivity index (χ2v) is 4.62. The third-order valence-electron chi connectivity index (χ3n) is 3.14. The molecule has 118 valence electrons. The van der Waals surface area contributed by atoms with E-state index in [-0.39, 0.29) is 5.91 Å². The Kier molecular flexibility index (Phi) is 4.88. The van der Waals surface area contributed by atoms with E-state index in [1.165, 1.54) is 21.3 Å². The molecule has 1 aromatic heterocycles. The highest BCUT2D eigenvalue weighted by Crippen LogP contribution is 2.38.